The van der Waals surface area contributed by atoms with Crippen molar-refractivity contribution in [3.8, 4) is 0 Å². The second-order valence-corrected chi connectivity index (χ2v) is 12.4. The van der Waals surface area contributed by atoms with Crippen LogP contribution in [0.25, 0.3) is 0 Å². The van der Waals surface area contributed by atoms with E-state index in [1.165, 1.54) is 38.5 Å². The van der Waals surface area contributed by atoms with Crippen LogP contribution in [-0.2, 0) is 9.59 Å². The Morgan fingerprint density at radius 3 is 2.47 bits per heavy atom. The number of rotatable bonds is 5. The van der Waals surface area contributed by atoms with Crippen LogP contribution in [0.15, 0.2) is 0 Å². The number of nitrogens with one attached hydrogen (secondary N) is 1. The third kappa shape index (κ3) is 3.77. The molecule has 0 aliphatic heterocycles. The summed E-state index contributed by atoms with van der Waals surface area (Å²) in [6.45, 7) is 11.7. The van der Waals surface area contributed by atoms with Gasteiger partial charge in [0, 0.05) is 25.3 Å². The zero-order valence-corrected chi connectivity index (χ0v) is 20.1. The van der Waals surface area contributed by atoms with Crippen molar-refractivity contribution in [3.05, 3.63) is 0 Å². The maximum absolute atomic E-state index is 12.2. The zero-order chi connectivity index (χ0) is 21.7. The number of hydrogen-bond donors (Lipinski definition) is 1. The summed E-state index contributed by atoms with van der Waals surface area (Å²) in [6.07, 6.45) is 12.7. The van der Waals surface area contributed by atoms with Crippen LogP contribution in [0, 0.1) is 46.3 Å². The van der Waals surface area contributed by atoms with E-state index < -0.39 is 0 Å². The lowest BCUT2D eigenvalue weighted by molar-refractivity contribution is -0.140. The van der Waals surface area contributed by atoms with Gasteiger partial charge in [-0.05, 0) is 112 Å². The Labute approximate surface area is 184 Å². The second-order valence-electron chi connectivity index (χ2n) is 12.4. The first kappa shape index (κ1) is 22.3. The molecule has 0 saturated heterocycles. The maximum Gasteiger partial charge on any atom is 0.220 e. The number of Topliss-reactive ketones (excluding diaryl/α,β-unsaturated/α-hetero) is 1. The summed E-state index contributed by atoms with van der Waals surface area (Å²) >= 11 is 0. The van der Waals surface area contributed by atoms with E-state index in [-0.39, 0.29) is 11.9 Å². The molecule has 1 amide bonds. The predicted molar refractivity (Wildman–Crippen MR) is 122 cm³/mol. The van der Waals surface area contributed by atoms with Gasteiger partial charge in [-0.2, -0.15) is 0 Å². The Morgan fingerprint density at radius 1 is 1.00 bits per heavy atom. The molecule has 0 aromatic heterocycles. The largest absolute Gasteiger partial charge is 0.354 e. The van der Waals surface area contributed by atoms with E-state index in [4.69, 9.17) is 0 Å². The van der Waals surface area contributed by atoms with Gasteiger partial charge in [-0.1, -0.05) is 20.8 Å². The smallest absolute Gasteiger partial charge is 0.220 e. The van der Waals surface area contributed by atoms with Crippen molar-refractivity contribution in [2.75, 3.05) is 0 Å². The molecular formula is C27H45NO2. The molecule has 30 heavy (non-hydrogen) atoms. The lowest BCUT2D eigenvalue weighted by Gasteiger charge is -2.60. The van der Waals surface area contributed by atoms with Gasteiger partial charge in [-0.25, -0.2) is 0 Å². The number of fused-ring (bicyclic) bond motifs is 5. The molecule has 0 heterocycles. The van der Waals surface area contributed by atoms with Crippen molar-refractivity contribution < 1.29 is 9.59 Å². The average molecular weight is 416 g/mol. The van der Waals surface area contributed by atoms with Gasteiger partial charge in [0.2, 0.25) is 5.91 Å². The molecule has 4 aliphatic rings. The molecule has 170 valence electrons. The van der Waals surface area contributed by atoms with E-state index in [0.717, 1.165) is 49.4 Å². The van der Waals surface area contributed by atoms with Crippen molar-refractivity contribution in [3.63, 3.8) is 0 Å². The Bertz CT molecular complexity index is 672. The molecule has 8 atom stereocenters. The highest BCUT2D eigenvalue weighted by molar-refractivity contribution is 5.79. The molecule has 1 unspecified atom stereocenters. The van der Waals surface area contributed by atoms with E-state index in [1.807, 2.05) is 13.8 Å². The van der Waals surface area contributed by atoms with Crippen LogP contribution in [0.1, 0.15) is 105 Å². The highest BCUT2D eigenvalue weighted by Gasteiger charge is 2.60. The van der Waals surface area contributed by atoms with E-state index in [2.05, 4.69) is 26.1 Å². The molecule has 1 N–H and O–H groups in total. The quantitative estimate of drug-likeness (QED) is 0.585. The van der Waals surface area contributed by atoms with Crippen molar-refractivity contribution >= 4 is 11.7 Å². The van der Waals surface area contributed by atoms with E-state index in [9.17, 15) is 9.59 Å². The van der Waals surface area contributed by atoms with Crippen molar-refractivity contribution in [2.45, 2.75) is 111 Å². The molecule has 0 spiro atoms. The highest BCUT2D eigenvalue weighted by Crippen LogP contribution is 2.68. The predicted octanol–water partition coefficient (Wildman–Crippen LogP) is 6.16. The third-order valence-electron chi connectivity index (χ3n) is 10.5. The molecule has 0 aromatic carbocycles. The van der Waals surface area contributed by atoms with Crippen LogP contribution < -0.4 is 5.32 Å². The lowest BCUT2D eigenvalue weighted by atomic mass is 9.44. The van der Waals surface area contributed by atoms with Gasteiger partial charge in [0.25, 0.3) is 0 Å². The number of amides is 1. The number of carbonyl (C=O) groups is 2. The first-order chi connectivity index (χ1) is 14.1. The molecule has 0 aromatic rings. The molecule has 3 heteroatoms. The van der Waals surface area contributed by atoms with E-state index in [0.29, 0.717) is 34.9 Å². The maximum atomic E-state index is 12.2. The number of ketones is 1. The molecule has 4 saturated carbocycles. The zero-order valence-electron chi connectivity index (χ0n) is 20.1. The summed E-state index contributed by atoms with van der Waals surface area (Å²) in [5.41, 5.74) is 0.875. The minimum absolute atomic E-state index is 0.221. The number of hydrogen-bond acceptors (Lipinski definition) is 2. The lowest BCUT2D eigenvalue weighted by Crippen LogP contribution is -2.53. The van der Waals surface area contributed by atoms with Crippen LogP contribution in [0.3, 0.4) is 0 Å². The van der Waals surface area contributed by atoms with E-state index in [1.54, 1.807) is 0 Å². The number of carbonyl (C=O) groups excluding carboxylic acids is 2. The Hall–Kier alpha value is -0.860. The first-order valence-corrected chi connectivity index (χ1v) is 13.0. The second kappa shape index (κ2) is 8.24. The van der Waals surface area contributed by atoms with Gasteiger partial charge in [0.05, 0.1) is 0 Å². The van der Waals surface area contributed by atoms with Crippen LogP contribution in [0.4, 0.5) is 0 Å². The Balaban J connectivity index is 1.43. The van der Waals surface area contributed by atoms with Gasteiger partial charge < -0.3 is 5.32 Å². The third-order valence-corrected chi connectivity index (χ3v) is 10.5. The summed E-state index contributed by atoms with van der Waals surface area (Å²) in [5.74, 6) is 5.38. The summed E-state index contributed by atoms with van der Waals surface area (Å²) in [5, 5.41) is 3.06. The Kier molecular flexibility index (Phi) is 6.14. The van der Waals surface area contributed by atoms with Crippen molar-refractivity contribution in [2.24, 2.45) is 46.3 Å². The minimum atomic E-state index is 0.221. The van der Waals surface area contributed by atoms with Gasteiger partial charge in [0.1, 0.15) is 5.78 Å². The molecule has 4 rings (SSSR count). The van der Waals surface area contributed by atoms with Gasteiger partial charge in [-0.3, -0.25) is 9.59 Å². The summed E-state index contributed by atoms with van der Waals surface area (Å²) in [4.78, 5) is 24.3. The highest BCUT2D eigenvalue weighted by atomic mass is 16.1. The summed E-state index contributed by atoms with van der Waals surface area (Å²) in [6, 6.07) is 0.239. The molecular weight excluding hydrogens is 370 g/mol. The monoisotopic (exact) mass is 415 g/mol. The summed E-state index contributed by atoms with van der Waals surface area (Å²) in [7, 11) is 0. The van der Waals surface area contributed by atoms with Gasteiger partial charge in [-0.15, -0.1) is 0 Å². The topological polar surface area (TPSA) is 46.2 Å². The molecule has 0 bridgehead atoms. The van der Waals surface area contributed by atoms with Crippen LogP contribution in [-0.4, -0.2) is 17.7 Å². The van der Waals surface area contributed by atoms with Crippen molar-refractivity contribution in [1.29, 1.82) is 0 Å². The molecule has 4 fully saturated rings. The minimum Gasteiger partial charge on any atom is -0.354 e. The SMILES string of the molecule is CC(C)NC(=O)CC[C@@H](C)[C@H]1CC[C@H]2[C@@H]3CCC4CC(=O)CC[C@]4(C)[C@H]3CC[C@]12C. The average Bonchev–Trinajstić information content (AvgIpc) is 3.03. The molecule has 3 nitrogen and oxygen atoms in total. The van der Waals surface area contributed by atoms with Crippen LogP contribution >= 0.6 is 0 Å². The first-order valence-electron chi connectivity index (χ1n) is 13.0. The molecule has 4 aliphatic carbocycles. The van der Waals surface area contributed by atoms with Gasteiger partial charge >= 0.3 is 0 Å². The normalized spacial score (nSPS) is 44.2. The fourth-order valence-corrected chi connectivity index (χ4v) is 8.97. The van der Waals surface area contributed by atoms with Crippen LogP contribution in [0.2, 0.25) is 0 Å². The van der Waals surface area contributed by atoms with Gasteiger partial charge in [0.15, 0.2) is 0 Å². The molecule has 0 radical (unpaired) electrons. The standard InChI is InChI=1S/C27H45NO2/c1-17(2)28-25(30)11-6-18(3)22-9-10-23-21-8-7-19-16-20(29)12-14-26(19,4)24(21)13-15-27(22,23)5/h17-19,21-24H,6-16H2,1-5H3,(H,28,30)/t18-,19?,21+,22-,23+,24+,26+,27-/m1/s1. The fraction of sp³-hybridized carbons (Fsp3) is 0.926. The van der Waals surface area contributed by atoms with E-state index >= 15 is 0 Å². The summed E-state index contributed by atoms with van der Waals surface area (Å²) < 4.78 is 0. The van der Waals surface area contributed by atoms with Crippen LogP contribution in [0.5, 0.6) is 0 Å². The Morgan fingerprint density at radius 2 is 1.73 bits per heavy atom. The fourth-order valence-electron chi connectivity index (χ4n) is 8.97. The van der Waals surface area contributed by atoms with Crippen molar-refractivity contribution in [1.82, 2.24) is 5.32 Å².